The number of carbonyl (C=O) groups excluding carboxylic acids is 2. The fraction of sp³-hybridized carbons (Fsp3) is 0.615. The highest BCUT2D eigenvalue weighted by molar-refractivity contribution is 5.87. The standard InChI is InChI=1S/C13H15NO4/c1-7(2)10(15)17-11-9-4-8(3)13(5-9,6-14)12(16)18-11/h8-9,11H,1,4-5H2,2-3H3. The average Bonchev–Trinajstić information content (AvgIpc) is 2.61. The van der Waals surface area contributed by atoms with E-state index < -0.39 is 23.6 Å². The minimum atomic E-state index is -1.06. The Morgan fingerprint density at radius 1 is 1.67 bits per heavy atom. The lowest BCUT2D eigenvalue weighted by Gasteiger charge is -2.32. The zero-order valence-electron chi connectivity index (χ0n) is 10.4. The molecule has 4 unspecified atom stereocenters. The molecule has 1 saturated heterocycles. The number of cyclic esters (lactones) is 1. The quantitative estimate of drug-likeness (QED) is 0.548. The Kier molecular flexibility index (Phi) is 2.89. The van der Waals surface area contributed by atoms with Crippen LogP contribution in [0, 0.1) is 28.6 Å². The van der Waals surface area contributed by atoms with E-state index in [0.29, 0.717) is 12.8 Å². The zero-order valence-corrected chi connectivity index (χ0v) is 10.4. The van der Waals surface area contributed by atoms with Gasteiger partial charge in [-0.05, 0) is 25.7 Å². The molecule has 2 rings (SSSR count). The summed E-state index contributed by atoms with van der Waals surface area (Å²) >= 11 is 0. The lowest BCUT2D eigenvalue weighted by atomic mass is 9.79. The maximum absolute atomic E-state index is 11.9. The molecule has 1 aliphatic carbocycles. The normalized spacial score (nSPS) is 37.6. The summed E-state index contributed by atoms with van der Waals surface area (Å²) in [6, 6.07) is 2.07. The van der Waals surface area contributed by atoms with E-state index in [2.05, 4.69) is 12.6 Å². The Hall–Kier alpha value is -1.83. The Labute approximate surface area is 105 Å². The summed E-state index contributed by atoms with van der Waals surface area (Å²) in [6.07, 6.45) is 0.165. The van der Waals surface area contributed by atoms with E-state index >= 15 is 0 Å². The van der Waals surface area contributed by atoms with Crippen LogP contribution >= 0.6 is 0 Å². The number of ether oxygens (including phenoxy) is 2. The third kappa shape index (κ3) is 1.69. The average molecular weight is 249 g/mol. The molecule has 1 heterocycles. The number of rotatable bonds is 2. The van der Waals surface area contributed by atoms with Crippen molar-refractivity contribution in [3.05, 3.63) is 12.2 Å². The first kappa shape index (κ1) is 12.6. The first-order valence-corrected chi connectivity index (χ1v) is 5.89. The van der Waals surface area contributed by atoms with Crippen molar-refractivity contribution in [2.75, 3.05) is 0 Å². The van der Waals surface area contributed by atoms with Crippen LogP contribution in [0.1, 0.15) is 26.7 Å². The van der Waals surface area contributed by atoms with Crippen LogP contribution in [0.3, 0.4) is 0 Å². The maximum Gasteiger partial charge on any atom is 0.336 e. The molecule has 2 aliphatic rings. The molecule has 2 fully saturated rings. The van der Waals surface area contributed by atoms with E-state index in [1.165, 1.54) is 6.92 Å². The van der Waals surface area contributed by atoms with E-state index in [0.717, 1.165) is 0 Å². The highest BCUT2D eigenvalue weighted by Gasteiger charge is 2.60. The molecule has 0 aromatic carbocycles. The molecule has 96 valence electrons. The molecule has 1 aliphatic heterocycles. The van der Waals surface area contributed by atoms with Crippen LogP contribution in [0.25, 0.3) is 0 Å². The van der Waals surface area contributed by atoms with Gasteiger partial charge in [-0.25, -0.2) is 4.79 Å². The molecule has 18 heavy (non-hydrogen) atoms. The molecule has 0 N–H and O–H groups in total. The SMILES string of the molecule is C=C(C)C(=O)OC1OC(=O)C2(C#N)CC1CC2C. The third-order valence-corrected chi connectivity index (χ3v) is 3.83. The van der Waals surface area contributed by atoms with E-state index in [-0.39, 0.29) is 17.4 Å². The Morgan fingerprint density at radius 2 is 2.33 bits per heavy atom. The van der Waals surface area contributed by atoms with E-state index in [1.807, 2.05) is 6.92 Å². The lowest BCUT2D eigenvalue weighted by Crippen LogP contribution is -2.43. The maximum atomic E-state index is 11.9. The van der Waals surface area contributed by atoms with Gasteiger partial charge in [-0.1, -0.05) is 13.5 Å². The predicted molar refractivity (Wildman–Crippen MR) is 60.7 cm³/mol. The number of esters is 2. The predicted octanol–water partition coefficient (Wildman–Crippen LogP) is 1.54. The number of hydrogen-bond acceptors (Lipinski definition) is 5. The summed E-state index contributed by atoms with van der Waals surface area (Å²) in [6.45, 7) is 6.86. The van der Waals surface area contributed by atoms with Crippen LogP contribution < -0.4 is 0 Å². The van der Waals surface area contributed by atoms with Gasteiger partial charge in [0.25, 0.3) is 6.29 Å². The number of nitriles is 1. The van der Waals surface area contributed by atoms with Crippen molar-refractivity contribution in [3.8, 4) is 6.07 Å². The highest BCUT2D eigenvalue weighted by atomic mass is 16.7. The topological polar surface area (TPSA) is 76.4 Å². The summed E-state index contributed by atoms with van der Waals surface area (Å²) in [7, 11) is 0. The first-order valence-electron chi connectivity index (χ1n) is 5.89. The van der Waals surface area contributed by atoms with Crippen molar-refractivity contribution in [3.63, 3.8) is 0 Å². The van der Waals surface area contributed by atoms with Gasteiger partial charge < -0.3 is 9.47 Å². The van der Waals surface area contributed by atoms with E-state index in [4.69, 9.17) is 9.47 Å². The summed E-state index contributed by atoms with van der Waals surface area (Å²) in [5.41, 5.74) is -0.800. The number of nitrogens with zero attached hydrogens (tertiary/aromatic N) is 1. The van der Waals surface area contributed by atoms with Crippen molar-refractivity contribution >= 4 is 11.9 Å². The summed E-state index contributed by atoms with van der Waals surface area (Å²) < 4.78 is 10.2. The zero-order chi connectivity index (χ0) is 13.5. The lowest BCUT2D eigenvalue weighted by molar-refractivity contribution is -0.208. The van der Waals surface area contributed by atoms with Crippen molar-refractivity contribution in [2.24, 2.45) is 17.3 Å². The summed E-state index contributed by atoms with van der Waals surface area (Å²) in [5.74, 6) is -1.32. The van der Waals surface area contributed by atoms with E-state index in [9.17, 15) is 14.9 Å². The van der Waals surface area contributed by atoms with Gasteiger partial charge in [0.05, 0.1) is 6.07 Å². The van der Waals surface area contributed by atoms with Crippen molar-refractivity contribution in [1.82, 2.24) is 0 Å². The van der Waals surface area contributed by atoms with E-state index in [1.54, 1.807) is 0 Å². The second-order valence-electron chi connectivity index (χ2n) is 5.14. The monoisotopic (exact) mass is 249 g/mol. The summed E-state index contributed by atoms with van der Waals surface area (Å²) in [4.78, 5) is 23.4. The van der Waals surface area contributed by atoms with Gasteiger partial charge in [-0.2, -0.15) is 5.26 Å². The van der Waals surface area contributed by atoms with Crippen LogP contribution in [0.2, 0.25) is 0 Å². The Morgan fingerprint density at radius 3 is 2.89 bits per heavy atom. The Bertz CT molecular complexity index is 464. The van der Waals surface area contributed by atoms with Gasteiger partial charge in [-0.15, -0.1) is 0 Å². The van der Waals surface area contributed by atoms with Crippen molar-refractivity contribution in [1.29, 1.82) is 5.26 Å². The second-order valence-corrected chi connectivity index (χ2v) is 5.14. The van der Waals surface area contributed by atoms with Gasteiger partial charge in [0, 0.05) is 11.5 Å². The molecule has 5 nitrogen and oxygen atoms in total. The molecule has 4 atom stereocenters. The molecular formula is C13H15NO4. The van der Waals surface area contributed by atoms with Gasteiger partial charge in [0.2, 0.25) is 0 Å². The van der Waals surface area contributed by atoms with Crippen LogP contribution in [0.15, 0.2) is 12.2 Å². The van der Waals surface area contributed by atoms with Gasteiger partial charge in [0.1, 0.15) is 0 Å². The fourth-order valence-electron chi connectivity index (χ4n) is 2.68. The number of hydrogen-bond donors (Lipinski definition) is 0. The van der Waals surface area contributed by atoms with Crippen molar-refractivity contribution in [2.45, 2.75) is 33.0 Å². The first-order chi connectivity index (χ1) is 8.40. The van der Waals surface area contributed by atoms with Gasteiger partial charge in [0.15, 0.2) is 5.41 Å². The van der Waals surface area contributed by atoms with Crippen LogP contribution in [-0.4, -0.2) is 18.2 Å². The molecule has 0 amide bonds. The minimum Gasteiger partial charge on any atom is -0.424 e. The molecule has 2 bridgehead atoms. The van der Waals surface area contributed by atoms with Gasteiger partial charge >= 0.3 is 11.9 Å². The fourth-order valence-corrected chi connectivity index (χ4v) is 2.68. The third-order valence-electron chi connectivity index (χ3n) is 3.83. The molecule has 0 aromatic heterocycles. The molecule has 5 heteroatoms. The number of fused-ring (bicyclic) bond motifs is 2. The van der Waals surface area contributed by atoms with Crippen LogP contribution in [0.4, 0.5) is 0 Å². The molecular weight excluding hydrogens is 234 g/mol. The molecule has 0 radical (unpaired) electrons. The second kappa shape index (κ2) is 4.13. The molecule has 1 saturated carbocycles. The minimum absolute atomic E-state index is 0.0754. The smallest absolute Gasteiger partial charge is 0.336 e. The highest BCUT2D eigenvalue weighted by Crippen LogP contribution is 2.52. The largest absolute Gasteiger partial charge is 0.424 e. The van der Waals surface area contributed by atoms with Crippen LogP contribution in [-0.2, 0) is 19.1 Å². The van der Waals surface area contributed by atoms with Crippen LogP contribution in [0.5, 0.6) is 0 Å². The van der Waals surface area contributed by atoms with Gasteiger partial charge in [-0.3, -0.25) is 4.79 Å². The summed E-state index contributed by atoms with van der Waals surface area (Å²) in [5, 5.41) is 9.19. The molecule has 0 spiro atoms. The molecule has 0 aromatic rings. The Balaban J connectivity index is 2.17. The van der Waals surface area contributed by atoms with Crippen molar-refractivity contribution < 1.29 is 19.1 Å². The number of carbonyl (C=O) groups is 2.